The van der Waals surface area contributed by atoms with Gasteiger partial charge in [0.2, 0.25) is 0 Å². The summed E-state index contributed by atoms with van der Waals surface area (Å²) in [4.78, 5) is 13.0. The summed E-state index contributed by atoms with van der Waals surface area (Å²) < 4.78 is 5.61. The molecule has 1 fully saturated rings. The molecule has 2 aliphatic heterocycles. The first kappa shape index (κ1) is 15.7. The number of rotatable bonds is 2. The van der Waals surface area contributed by atoms with E-state index in [1.807, 2.05) is 18.2 Å². The van der Waals surface area contributed by atoms with Crippen LogP contribution in [0.25, 0.3) is 0 Å². The van der Waals surface area contributed by atoms with Gasteiger partial charge in [0, 0.05) is 41.6 Å². The van der Waals surface area contributed by atoms with E-state index in [9.17, 15) is 4.79 Å². The number of hydrogen-bond donors (Lipinski definition) is 3. The minimum atomic E-state index is 0.00705. The number of carbonyl (C=O) groups is 1. The molecule has 0 radical (unpaired) electrons. The van der Waals surface area contributed by atoms with Crippen molar-refractivity contribution in [1.82, 2.24) is 16.2 Å². The maximum atomic E-state index is 13.0. The van der Waals surface area contributed by atoms with Crippen molar-refractivity contribution in [3.05, 3.63) is 41.1 Å². The number of ether oxygens (including phenoxy) is 1. The molecule has 5 nitrogen and oxygen atoms in total. The molecule has 128 valence electrons. The van der Waals surface area contributed by atoms with E-state index in [-0.39, 0.29) is 29.2 Å². The normalized spacial score (nSPS) is 31.3. The van der Waals surface area contributed by atoms with E-state index in [0.717, 1.165) is 35.5 Å². The third-order valence-electron chi connectivity index (χ3n) is 5.49. The fraction of sp³-hybridized carbons (Fsp3) is 0.526. The summed E-state index contributed by atoms with van der Waals surface area (Å²) in [5, 5.41) is 3.58. The number of para-hydroxylation sites is 1. The highest BCUT2D eigenvalue weighted by Crippen LogP contribution is 2.48. The summed E-state index contributed by atoms with van der Waals surface area (Å²) in [6.45, 7) is 5.16. The Morgan fingerprint density at radius 2 is 2.00 bits per heavy atom. The zero-order valence-corrected chi connectivity index (χ0v) is 14.5. The van der Waals surface area contributed by atoms with Crippen LogP contribution in [0.15, 0.2) is 35.5 Å². The highest BCUT2D eigenvalue weighted by molar-refractivity contribution is 5.99. The van der Waals surface area contributed by atoms with Gasteiger partial charge < -0.3 is 10.1 Å². The molecule has 3 N–H and O–H groups in total. The number of Topliss-reactive ketones (excluding diaryl/α,β-unsaturated/α-hetero) is 1. The Balaban J connectivity index is 1.87. The molecule has 4 rings (SSSR count). The SMILES string of the molecule is COc1ccccc1C1C2=C(CC(C)(C)CC2=O)NC2NNCC21. The average Bonchev–Trinajstić information content (AvgIpc) is 2.99. The van der Waals surface area contributed by atoms with Crippen molar-refractivity contribution in [2.75, 3.05) is 13.7 Å². The molecular weight excluding hydrogens is 302 g/mol. The molecular formula is C19H25N3O2. The molecule has 1 aromatic carbocycles. The van der Waals surface area contributed by atoms with Gasteiger partial charge in [-0.05, 0) is 17.9 Å². The second-order valence-corrected chi connectivity index (χ2v) is 7.86. The third kappa shape index (κ3) is 2.43. The summed E-state index contributed by atoms with van der Waals surface area (Å²) in [6.07, 6.45) is 1.66. The number of hydrogen-bond acceptors (Lipinski definition) is 5. The first-order chi connectivity index (χ1) is 11.5. The number of fused-ring (bicyclic) bond motifs is 1. The van der Waals surface area contributed by atoms with Crippen LogP contribution >= 0.6 is 0 Å². The fourth-order valence-corrected chi connectivity index (χ4v) is 4.50. The van der Waals surface area contributed by atoms with E-state index >= 15 is 0 Å². The van der Waals surface area contributed by atoms with Gasteiger partial charge in [-0.3, -0.25) is 10.2 Å². The van der Waals surface area contributed by atoms with E-state index in [1.165, 1.54) is 0 Å². The minimum absolute atomic E-state index is 0.00705. The largest absolute Gasteiger partial charge is 0.496 e. The number of benzene rings is 1. The Kier molecular flexibility index (Phi) is 3.66. The van der Waals surface area contributed by atoms with Crippen molar-refractivity contribution in [2.24, 2.45) is 11.3 Å². The molecule has 0 spiro atoms. The smallest absolute Gasteiger partial charge is 0.161 e. The summed E-state index contributed by atoms with van der Waals surface area (Å²) in [5.74, 6) is 1.48. The summed E-state index contributed by atoms with van der Waals surface area (Å²) in [6, 6.07) is 8.09. The van der Waals surface area contributed by atoms with Gasteiger partial charge in [-0.2, -0.15) is 0 Å². The predicted octanol–water partition coefficient (Wildman–Crippen LogP) is 2.08. The Morgan fingerprint density at radius 3 is 2.79 bits per heavy atom. The van der Waals surface area contributed by atoms with Gasteiger partial charge in [0.25, 0.3) is 0 Å². The number of ketones is 1. The lowest BCUT2D eigenvalue weighted by atomic mass is 9.66. The number of carbonyl (C=O) groups excluding carboxylic acids is 1. The molecule has 3 unspecified atom stereocenters. The maximum Gasteiger partial charge on any atom is 0.161 e. The summed E-state index contributed by atoms with van der Waals surface area (Å²) >= 11 is 0. The molecule has 3 aliphatic rings. The van der Waals surface area contributed by atoms with Crippen LogP contribution < -0.4 is 20.9 Å². The topological polar surface area (TPSA) is 62.4 Å². The third-order valence-corrected chi connectivity index (χ3v) is 5.49. The van der Waals surface area contributed by atoms with Gasteiger partial charge in [-0.15, -0.1) is 0 Å². The van der Waals surface area contributed by atoms with Crippen molar-refractivity contribution in [3.8, 4) is 5.75 Å². The summed E-state index contributed by atoms with van der Waals surface area (Å²) in [5.41, 5.74) is 9.76. The molecule has 0 bridgehead atoms. The van der Waals surface area contributed by atoms with Crippen LogP contribution in [-0.2, 0) is 4.79 Å². The lowest BCUT2D eigenvalue weighted by Crippen LogP contribution is -2.51. The second kappa shape index (κ2) is 5.60. The van der Waals surface area contributed by atoms with Crippen molar-refractivity contribution in [1.29, 1.82) is 0 Å². The van der Waals surface area contributed by atoms with Crippen molar-refractivity contribution in [3.63, 3.8) is 0 Å². The van der Waals surface area contributed by atoms with Gasteiger partial charge in [0.05, 0.1) is 13.3 Å². The van der Waals surface area contributed by atoms with Crippen molar-refractivity contribution in [2.45, 2.75) is 38.8 Å². The molecule has 1 saturated heterocycles. The first-order valence-corrected chi connectivity index (χ1v) is 8.64. The van der Waals surface area contributed by atoms with Gasteiger partial charge in [0.15, 0.2) is 5.78 Å². The van der Waals surface area contributed by atoms with E-state index in [0.29, 0.717) is 6.42 Å². The molecule has 0 aromatic heterocycles. The van der Waals surface area contributed by atoms with Crippen LogP contribution in [0.5, 0.6) is 5.75 Å². The lowest BCUT2D eigenvalue weighted by molar-refractivity contribution is -0.118. The monoisotopic (exact) mass is 327 g/mol. The van der Waals surface area contributed by atoms with Crippen LogP contribution in [-0.4, -0.2) is 25.6 Å². The number of hydrazine groups is 1. The maximum absolute atomic E-state index is 13.0. The van der Waals surface area contributed by atoms with Crippen LogP contribution in [0.3, 0.4) is 0 Å². The Labute approximate surface area is 142 Å². The Bertz CT molecular complexity index is 710. The van der Waals surface area contributed by atoms with Gasteiger partial charge >= 0.3 is 0 Å². The van der Waals surface area contributed by atoms with E-state index < -0.39 is 0 Å². The number of allylic oxidation sites excluding steroid dienone is 2. The van der Waals surface area contributed by atoms with Gasteiger partial charge in [-0.25, -0.2) is 5.43 Å². The standard InChI is InChI=1S/C19H25N3O2/c1-19(2)8-13-17(14(23)9-19)16(12-10-20-22-18(12)21-13)11-6-4-5-7-15(11)24-3/h4-7,12,16,18,20-22H,8-10H2,1-3H3. The molecule has 24 heavy (non-hydrogen) atoms. The Hall–Kier alpha value is -1.85. The zero-order valence-electron chi connectivity index (χ0n) is 14.5. The Morgan fingerprint density at radius 1 is 1.21 bits per heavy atom. The molecule has 5 heteroatoms. The fourth-order valence-electron chi connectivity index (χ4n) is 4.50. The van der Waals surface area contributed by atoms with E-state index in [1.54, 1.807) is 7.11 Å². The van der Waals surface area contributed by atoms with Crippen LogP contribution in [0.4, 0.5) is 0 Å². The number of nitrogens with one attached hydrogen (secondary N) is 3. The van der Waals surface area contributed by atoms with Gasteiger partial charge in [-0.1, -0.05) is 32.0 Å². The van der Waals surface area contributed by atoms with Crippen molar-refractivity contribution < 1.29 is 9.53 Å². The lowest BCUT2D eigenvalue weighted by Gasteiger charge is -2.43. The highest BCUT2D eigenvalue weighted by atomic mass is 16.5. The minimum Gasteiger partial charge on any atom is -0.496 e. The first-order valence-electron chi connectivity index (χ1n) is 8.64. The molecule has 3 atom stereocenters. The molecule has 0 amide bonds. The van der Waals surface area contributed by atoms with Crippen LogP contribution in [0.1, 0.15) is 38.2 Å². The molecule has 0 saturated carbocycles. The van der Waals surface area contributed by atoms with Crippen LogP contribution in [0, 0.1) is 11.3 Å². The average molecular weight is 327 g/mol. The zero-order chi connectivity index (χ0) is 16.9. The number of methoxy groups -OCH3 is 1. The van der Waals surface area contributed by atoms with Crippen molar-refractivity contribution >= 4 is 5.78 Å². The molecule has 1 aromatic rings. The van der Waals surface area contributed by atoms with E-state index in [4.69, 9.17) is 4.74 Å². The quantitative estimate of drug-likeness (QED) is 0.776. The highest BCUT2D eigenvalue weighted by Gasteiger charge is 2.47. The molecule has 1 aliphatic carbocycles. The van der Waals surface area contributed by atoms with Gasteiger partial charge in [0.1, 0.15) is 5.75 Å². The van der Waals surface area contributed by atoms with Crippen LogP contribution in [0.2, 0.25) is 0 Å². The predicted molar refractivity (Wildman–Crippen MR) is 92.3 cm³/mol. The second-order valence-electron chi connectivity index (χ2n) is 7.86. The summed E-state index contributed by atoms with van der Waals surface area (Å²) in [7, 11) is 1.70. The van der Waals surface area contributed by atoms with E-state index in [2.05, 4.69) is 36.1 Å². The molecule has 2 heterocycles.